The Labute approximate surface area is 176 Å². The van der Waals surface area contributed by atoms with Crippen molar-refractivity contribution < 1.29 is 23.8 Å². The van der Waals surface area contributed by atoms with Crippen LogP contribution in [0.4, 0.5) is 0 Å². The molecule has 2 atom stereocenters. The van der Waals surface area contributed by atoms with Gasteiger partial charge in [0, 0.05) is 6.54 Å². The Morgan fingerprint density at radius 3 is 2.27 bits per heavy atom. The molecule has 2 aromatic rings. The standard InChI is InChI=1S/C21H28N4O5/c1-6-13(3)18(20(27)22-7-2)25-19(26)14-10-8-9-11-15(14)30-21-23-16(28-4)12-17(24-21)29-5/h8-13,18H,6-7H2,1-5H3,(H,22,27)(H,25,26). The summed E-state index contributed by atoms with van der Waals surface area (Å²) in [6.45, 7) is 6.20. The Balaban J connectivity index is 2.29. The lowest BCUT2D eigenvalue weighted by Crippen LogP contribution is -2.50. The van der Waals surface area contributed by atoms with E-state index in [1.165, 1.54) is 20.3 Å². The van der Waals surface area contributed by atoms with Crippen LogP contribution in [0, 0.1) is 5.92 Å². The molecule has 9 nitrogen and oxygen atoms in total. The Bertz CT molecular complexity index is 852. The number of nitrogens with one attached hydrogen (secondary N) is 2. The molecule has 0 spiro atoms. The molecule has 1 aromatic carbocycles. The first-order chi connectivity index (χ1) is 14.4. The number of carbonyl (C=O) groups excluding carboxylic acids is 2. The average Bonchev–Trinajstić information content (AvgIpc) is 2.76. The van der Waals surface area contributed by atoms with Gasteiger partial charge in [-0.05, 0) is 25.0 Å². The highest BCUT2D eigenvalue weighted by molar-refractivity contribution is 5.99. The van der Waals surface area contributed by atoms with Gasteiger partial charge < -0.3 is 24.8 Å². The minimum atomic E-state index is -0.663. The largest absolute Gasteiger partial charge is 0.481 e. The van der Waals surface area contributed by atoms with Gasteiger partial charge in [0.2, 0.25) is 17.7 Å². The van der Waals surface area contributed by atoms with Gasteiger partial charge in [0.1, 0.15) is 11.8 Å². The predicted molar refractivity (Wildman–Crippen MR) is 111 cm³/mol. The molecule has 0 aliphatic rings. The van der Waals surface area contributed by atoms with Gasteiger partial charge in [-0.15, -0.1) is 0 Å². The molecule has 2 N–H and O–H groups in total. The Hall–Kier alpha value is -3.36. The Morgan fingerprint density at radius 2 is 1.70 bits per heavy atom. The van der Waals surface area contributed by atoms with E-state index in [4.69, 9.17) is 14.2 Å². The number of aromatic nitrogens is 2. The second-order valence-corrected chi connectivity index (χ2v) is 6.56. The number of ether oxygens (including phenoxy) is 3. The fraction of sp³-hybridized carbons (Fsp3) is 0.429. The van der Waals surface area contributed by atoms with Crippen molar-refractivity contribution in [3.63, 3.8) is 0 Å². The zero-order valence-electron chi connectivity index (χ0n) is 17.9. The number of methoxy groups -OCH3 is 2. The lowest BCUT2D eigenvalue weighted by molar-refractivity contribution is -0.124. The number of benzene rings is 1. The molecule has 2 amide bonds. The molecule has 0 aliphatic heterocycles. The average molecular weight is 416 g/mol. The van der Waals surface area contributed by atoms with Crippen molar-refractivity contribution in [3.05, 3.63) is 35.9 Å². The molecule has 0 aliphatic carbocycles. The van der Waals surface area contributed by atoms with Gasteiger partial charge in [0.15, 0.2) is 0 Å². The highest BCUT2D eigenvalue weighted by Gasteiger charge is 2.27. The van der Waals surface area contributed by atoms with E-state index in [0.717, 1.165) is 6.42 Å². The first-order valence-electron chi connectivity index (χ1n) is 9.75. The van der Waals surface area contributed by atoms with Crippen molar-refractivity contribution in [1.29, 1.82) is 0 Å². The zero-order chi connectivity index (χ0) is 22.1. The second kappa shape index (κ2) is 11.0. The van der Waals surface area contributed by atoms with E-state index < -0.39 is 11.9 Å². The maximum atomic E-state index is 13.0. The third-order valence-corrected chi connectivity index (χ3v) is 4.54. The summed E-state index contributed by atoms with van der Waals surface area (Å²) in [4.78, 5) is 33.6. The first kappa shape index (κ1) is 22.9. The van der Waals surface area contributed by atoms with Gasteiger partial charge in [0.25, 0.3) is 5.91 Å². The van der Waals surface area contributed by atoms with Crippen LogP contribution < -0.4 is 24.8 Å². The van der Waals surface area contributed by atoms with Gasteiger partial charge >= 0.3 is 6.01 Å². The minimum absolute atomic E-state index is 0.0337. The van der Waals surface area contributed by atoms with Crippen LogP contribution in [0.2, 0.25) is 0 Å². The molecule has 30 heavy (non-hydrogen) atoms. The number of para-hydroxylation sites is 1. The lowest BCUT2D eigenvalue weighted by Gasteiger charge is -2.23. The van der Waals surface area contributed by atoms with Gasteiger partial charge in [-0.2, -0.15) is 9.97 Å². The lowest BCUT2D eigenvalue weighted by atomic mass is 9.97. The van der Waals surface area contributed by atoms with Crippen molar-refractivity contribution in [2.45, 2.75) is 33.2 Å². The van der Waals surface area contributed by atoms with Crippen LogP contribution in [0.3, 0.4) is 0 Å². The molecule has 0 radical (unpaired) electrons. The molecule has 162 valence electrons. The summed E-state index contributed by atoms with van der Waals surface area (Å²) in [7, 11) is 2.92. The quantitative estimate of drug-likeness (QED) is 0.612. The van der Waals surface area contributed by atoms with Crippen molar-refractivity contribution in [2.24, 2.45) is 5.92 Å². The predicted octanol–water partition coefficient (Wildman–Crippen LogP) is 2.57. The molecule has 2 unspecified atom stereocenters. The van der Waals surface area contributed by atoms with Crippen LogP contribution in [0.15, 0.2) is 30.3 Å². The van der Waals surface area contributed by atoms with Crippen molar-refractivity contribution >= 4 is 11.8 Å². The summed E-state index contributed by atoms with van der Waals surface area (Å²) in [5.74, 6) is 0.0545. The highest BCUT2D eigenvalue weighted by Crippen LogP contribution is 2.26. The zero-order valence-corrected chi connectivity index (χ0v) is 17.9. The number of hydrogen-bond donors (Lipinski definition) is 2. The van der Waals surface area contributed by atoms with Crippen molar-refractivity contribution in [3.8, 4) is 23.5 Å². The second-order valence-electron chi connectivity index (χ2n) is 6.56. The van der Waals surface area contributed by atoms with E-state index >= 15 is 0 Å². The molecular weight excluding hydrogens is 388 g/mol. The number of hydrogen-bond acceptors (Lipinski definition) is 7. The van der Waals surface area contributed by atoms with E-state index in [0.29, 0.717) is 6.54 Å². The number of likely N-dealkylation sites (N-methyl/N-ethyl adjacent to an activating group) is 1. The van der Waals surface area contributed by atoms with Gasteiger partial charge in [-0.1, -0.05) is 32.4 Å². The summed E-state index contributed by atoms with van der Waals surface area (Å²) in [5.41, 5.74) is 0.250. The summed E-state index contributed by atoms with van der Waals surface area (Å²) in [5, 5.41) is 5.58. The summed E-state index contributed by atoms with van der Waals surface area (Å²) < 4.78 is 16.0. The summed E-state index contributed by atoms with van der Waals surface area (Å²) in [6.07, 6.45) is 0.734. The molecule has 2 rings (SSSR count). The van der Waals surface area contributed by atoms with E-state index in [2.05, 4.69) is 20.6 Å². The van der Waals surface area contributed by atoms with E-state index in [-0.39, 0.29) is 40.9 Å². The molecule has 0 bridgehead atoms. The van der Waals surface area contributed by atoms with Gasteiger partial charge in [-0.3, -0.25) is 9.59 Å². The number of nitrogens with zero attached hydrogens (tertiary/aromatic N) is 2. The molecule has 0 saturated heterocycles. The Morgan fingerprint density at radius 1 is 1.07 bits per heavy atom. The maximum Gasteiger partial charge on any atom is 0.328 e. The molecule has 0 fully saturated rings. The molecule has 1 heterocycles. The van der Waals surface area contributed by atoms with Crippen LogP contribution in [-0.4, -0.2) is 48.6 Å². The number of amides is 2. The monoisotopic (exact) mass is 416 g/mol. The smallest absolute Gasteiger partial charge is 0.328 e. The first-order valence-corrected chi connectivity index (χ1v) is 9.75. The fourth-order valence-electron chi connectivity index (χ4n) is 2.69. The third kappa shape index (κ3) is 5.82. The molecular formula is C21H28N4O5. The Kier molecular flexibility index (Phi) is 8.40. The third-order valence-electron chi connectivity index (χ3n) is 4.54. The summed E-state index contributed by atoms with van der Waals surface area (Å²) in [6, 6.07) is 7.47. The molecule has 9 heteroatoms. The van der Waals surface area contributed by atoms with Crippen LogP contribution in [0.25, 0.3) is 0 Å². The normalized spacial score (nSPS) is 12.4. The number of rotatable bonds is 10. The van der Waals surface area contributed by atoms with Crippen LogP contribution >= 0.6 is 0 Å². The van der Waals surface area contributed by atoms with Gasteiger partial charge in [-0.25, -0.2) is 0 Å². The SMILES string of the molecule is CCNC(=O)C(NC(=O)c1ccccc1Oc1nc(OC)cc(OC)n1)C(C)CC. The highest BCUT2D eigenvalue weighted by atomic mass is 16.5. The number of carbonyl (C=O) groups is 2. The fourth-order valence-corrected chi connectivity index (χ4v) is 2.69. The van der Waals surface area contributed by atoms with Gasteiger partial charge in [0.05, 0.1) is 25.8 Å². The van der Waals surface area contributed by atoms with E-state index in [1.807, 2.05) is 20.8 Å². The van der Waals surface area contributed by atoms with E-state index in [9.17, 15) is 9.59 Å². The van der Waals surface area contributed by atoms with Crippen LogP contribution in [0.1, 0.15) is 37.6 Å². The van der Waals surface area contributed by atoms with Crippen molar-refractivity contribution in [2.75, 3.05) is 20.8 Å². The topological polar surface area (TPSA) is 112 Å². The minimum Gasteiger partial charge on any atom is -0.481 e. The van der Waals surface area contributed by atoms with Crippen LogP contribution in [-0.2, 0) is 4.79 Å². The molecule has 1 aromatic heterocycles. The van der Waals surface area contributed by atoms with E-state index in [1.54, 1.807) is 24.3 Å². The van der Waals surface area contributed by atoms with Crippen molar-refractivity contribution in [1.82, 2.24) is 20.6 Å². The summed E-state index contributed by atoms with van der Waals surface area (Å²) >= 11 is 0. The molecule has 0 saturated carbocycles. The van der Waals surface area contributed by atoms with Crippen LogP contribution in [0.5, 0.6) is 23.5 Å². The maximum absolute atomic E-state index is 13.0.